The second-order valence-corrected chi connectivity index (χ2v) is 5.78. The predicted octanol–water partition coefficient (Wildman–Crippen LogP) is 3.33. The van der Waals surface area contributed by atoms with Crippen molar-refractivity contribution in [3.63, 3.8) is 0 Å². The van der Waals surface area contributed by atoms with Gasteiger partial charge in [0.05, 0.1) is 16.7 Å². The maximum Gasteiger partial charge on any atom is 0.270 e. The van der Waals surface area contributed by atoms with Gasteiger partial charge in [-0.1, -0.05) is 23.5 Å². The van der Waals surface area contributed by atoms with Crippen LogP contribution in [0.4, 0.5) is 5.69 Å². The number of nitro benzene ring substituents is 1. The first-order chi connectivity index (χ1) is 11.1. The zero-order valence-electron chi connectivity index (χ0n) is 11.8. The van der Waals surface area contributed by atoms with Gasteiger partial charge in [0.1, 0.15) is 10.8 Å². The molecule has 0 atom stereocenters. The van der Waals surface area contributed by atoms with E-state index in [1.54, 1.807) is 29.0 Å². The molecule has 0 aliphatic heterocycles. The molecular formula is C14H9N5O3S. The molecule has 0 amide bonds. The lowest BCUT2D eigenvalue weighted by molar-refractivity contribution is -0.384. The molecule has 0 fully saturated rings. The van der Waals surface area contributed by atoms with E-state index in [4.69, 9.17) is 4.42 Å². The van der Waals surface area contributed by atoms with Crippen molar-refractivity contribution in [1.82, 2.24) is 19.8 Å². The standard InChI is InChI=1S/C14H9N5O3S/c1-8-11(5-6-22-8)12-15-16-14-18(12)17-13(23-14)9-3-2-4-10(7-9)19(20)21/h2-7H,1H3. The zero-order valence-corrected chi connectivity index (χ0v) is 12.6. The third-order valence-corrected chi connectivity index (χ3v) is 4.34. The van der Waals surface area contributed by atoms with Crippen molar-refractivity contribution < 1.29 is 9.34 Å². The van der Waals surface area contributed by atoms with E-state index >= 15 is 0 Å². The summed E-state index contributed by atoms with van der Waals surface area (Å²) in [5.41, 5.74) is 1.51. The highest BCUT2D eigenvalue weighted by molar-refractivity contribution is 7.19. The molecule has 0 radical (unpaired) electrons. The largest absolute Gasteiger partial charge is 0.469 e. The van der Waals surface area contributed by atoms with Crippen molar-refractivity contribution in [2.75, 3.05) is 0 Å². The highest BCUT2D eigenvalue weighted by atomic mass is 32.1. The molecule has 4 aromatic rings. The summed E-state index contributed by atoms with van der Waals surface area (Å²) in [4.78, 5) is 11.1. The molecule has 9 heteroatoms. The lowest BCUT2D eigenvalue weighted by Crippen LogP contribution is -1.92. The van der Waals surface area contributed by atoms with Crippen LogP contribution in [0.5, 0.6) is 0 Å². The first-order valence-corrected chi connectivity index (χ1v) is 7.46. The second kappa shape index (κ2) is 4.99. The van der Waals surface area contributed by atoms with Gasteiger partial charge in [0.2, 0.25) is 4.96 Å². The second-order valence-electron chi connectivity index (χ2n) is 4.82. The van der Waals surface area contributed by atoms with E-state index in [-0.39, 0.29) is 5.69 Å². The molecule has 1 aromatic carbocycles. The minimum Gasteiger partial charge on any atom is -0.469 e. The van der Waals surface area contributed by atoms with Crippen molar-refractivity contribution in [1.29, 1.82) is 0 Å². The number of aryl methyl sites for hydroxylation is 1. The number of nitrogens with zero attached hydrogens (tertiary/aromatic N) is 5. The van der Waals surface area contributed by atoms with E-state index in [1.807, 2.05) is 6.92 Å². The molecule has 0 saturated carbocycles. The molecule has 4 rings (SSSR count). The molecule has 0 bridgehead atoms. The van der Waals surface area contributed by atoms with E-state index in [9.17, 15) is 10.1 Å². The summed E-state index contributed by atoms with van der Waals surface area (Å²) >= 11 is 1.32. The van der Waals surface area contributed by atoms with Crippen molar-refractivity contribution in [2.24, 2.45) is 0 Å². The zero-order chi connectivity index (χ0) is 16.0. The molecule has 0 spiro atoms. The quantitative estimate of drug-likeness (QED) is 0.423. The van der Waals surface area contributed by atoms with Crippen LogP contribution >= 0.6 is 11.3 Å². The molecule has 0 N–H and O–H groups in total. The molecular weight excluding hydrogens is 318 g/mol. The maximum absolute atomic E-state index is 10.9. The van der Waals surface area contributed by atoms with Crippen LogP contribution < -0.4 is 0 Å². The lowest BCUT2D eigenvalue weighted by Gasteiger charge is -1.96. The Labute approximate surface area is 133 Å². The van der Waals surface area contributed by atoms with Crippen LogP contribution in [-0.2, 0) is 0 Å². The fourth-order valence-electron chi connectivity index (χ4n) is 2.27. The maximum atomic E-state index is 10.9. The van der Waals surface area contributed by atoms with Crippen LogP contribution in [0.15, 0.2) is 41.0 Å². The summed E-state index contributed by atoms with van der Waals surface area (Å²) in [6, 6.07) is 8.16. The van der Waals surface area contributed by atoms with Gasteiger partial charge in [-0.15, -0.1) is 10.2 Å². The van der Waals surface area contributed by atoms with E-state index in [1.165, 1.54) is 23.5 Å². The summed E-state index contributed by atoms with van der Waals surface area (Å²) < 4.78 is 6.91. The smallest absolute Gasteiger partial charge is 0.270 e. The Morgan fingerprint density at radius 1 is 1.30 bits per heavy atom. The fourth-order valence-corrected chi connectivity index (χ4v) is 3.11. The summed E-state index contributed by atoms with van der Waals surface area (Å²) in [6.45, 7) is 1.84. The lowest BCUT2D eigenvalue weighted by atomic mass is 10.2. The first-order valence-electron chi connectivity index (χ1n) is 6.65. The molecule has 8 nitrogen and oxygen atoms in total. The third kappa shape index (κ3) is 2.18. The van der Waals surface area contributed by atoms with Gasteiger partial charge in [-0.3, -0.25) is 10.1 Å². The van der Waals surface area contributed by atoms with Crippen molar-refractivity contribution in [3.8, 4) is 22.0 Å². The Hall–Kier alpha value is -3.07. The van der Waals surface area contributed by atoms with E-state index in [0.29, 0.717) is 21.4 Å². The summed E-state index contributed by atoms with van der Waals surface area (Å²) in [6.07, 6.45) is 1.58. The van der Waals surface area contributed by atoms with Crippen LogP contribution in [0.25, 0.3) is 26.9 Å². The monoisotopic (exact) mass is 327 g/mol. The number of hydrogen-bond donors (Lipinski definition) is 0. The predicted molar refractivity (Wildman–Crippen MR) is 83.2 cm³/mol. The molecule has 3 aromatic heterocycles. The summed E-state index contributed by atoms with van der Waals surface area (Å²) in [5, 5.41) is 24.3. The van der Waals surface area contributed by atoms with Crippen LogP contribution in [0.2, 0.25) is 0 Å². The number of benzene rings is 1. The van der Waals surface area contributed by atoms with Gasteiger partial charge in [-0.05, 0) is 13.0 Å². The SMILES string of the molecule is Cc1occc1-c1nnc2sc(-c3cccc([N+](=O)[O-])c3)nn12. The van der Waals surface area contributed by atoms with E-state index in [2.05, 4.69) is 15.3 Å². The molecule has 3 heterocycles. The van der Waals surface area contributed by atoms with E-state index in [0.717, 1.165) is 11.3 Å². The number of furan rings is 1. The van der Waals surface area contributed by atoms with Crippen LogP contribution in [0.3, 0.4) is 0 Å². The van der Waals surface area contributed by atoms with Gasteiger partial charge in [-0.25, -0.2) is 0 Å². The Balaban J connectivity index is 1.84. The van der Waals surface area contributed by atoms with Gasteiger partial charge >= 0.3 is 0 Å². The van der Waals surface area contributed by atoms with Gasteiger partial charge < -0.3 is 4.42 Å². The molecule has 0 saturated heterocycles. The Morgan fingerprint density at radius 2 is 2.17 bits per heavy atom. The Kier molecular flexibility index (Phi) is 2.95. The molecule has 0 unspecified atom stereocenters. The number of hydrogen-bond acceptors (Lipinski definition) is 7. The van der Waals surface area contributed by atoms with E-state index < -0.39 is 4.92 Å². The number of aromatic nitrogens is 4. The van der Waals surface area contributed by atoms with Gasteiger partial charge in [0.15, 0.2) is 5.82 Å². The Morgan fingerprint density at radius 3 is 2.91 bits per heavy atom. The van der Waals surface area contributed by atoms with Crippen LogP contribution in [0.1, 0.15) is 5.76 Å². The topological polar surface area (TPSA) is 99.4 Å². The van der Waals surface area contributed by atoms with Crippen LogP contribution in [-0.4, -0.2) is 24.7 Å². The van der Waals surface area contributed by atoms with Gasteiger partial charge in [0, 0.05) is 17.7 Å². The highest BCUT2D eigenvalue weighted by Crippen LogP contribution is 2.30. The number of nitro groups is 1. The van der Waals surface area contributed by atoms with Gasteiger partial charge in [0.25, 0.3) is 5.69 Å². The number of non-ortho nitro benzene ring substituents is 1. The molecule has 23 heavy (non-hydrogen) atoms. The number of rotatable bonds is 3. The molecule has 0 aliphatic carbocycles. The summed E-state index contributed by atoms with van der Waals surface area (Å²) in [7, 11) is 0. The molecule has 0 aliphatic rings. The average molecular weight is 327 g/mol. The summed E-state index contributed by atoms with van der Waals surface area (Å²) in [5.74, 6) is 1.31. The average Bonchev–Trinajstić information content (AvgIpc) is 3.22. The fraction of sp³-hybridized carbons (Fsp3) is 0.0714. The molecule has 114 valence electrons. The van der Waals surface area contributed by atoms with Crippen molar-refractivity contribution in [3.05, 3.63) is 52.5 Å². The van der Waals surface area contributed by atoms with Crippen molar-refractivity contribution >= 4 is 22.0 Å². The minimum absolute atomic E-state index is 0.0272. The highest BCUT2D eigenvalue weighted by Gasteiger charge is 2.18. The Bertz CT molecular complexity index is 1030. The van der Waals surface area contributed by atoms with Crippen molar-refractivity contribution in [2.45, 2.75) is 6.92 Å². The third-order valence-electron chi connectivity index (χ3n) is 3.39. The minimum atomic E-state index is -0.427. The first kappa shape index (κ1) is 13.6. The normalized spacial score (nSPS) is 11.2. The van der Waals surface area contributed by atoms with Crippen LogP contribution in [0, 0.1) is 17.0 Å². The number of fused-ring (bicyclic) bond motifs is 1. The van der Waals surface area contributed by atoms with Gasteiger partial charge in [-0.2, -0.15) is 9.61 Å².